The molecule has 3 N–H and O–H groups in total. The van der Waals surface area contributed by atoms with Gasteiger partial charge < -0.3 is 11.1 Å². The number of carbonyl (C=O) groups is 3. The molecule has 4 aromatic carbocycles. The first-order valence-corrected chi connectivity index (χ1v) is 11.4. The second kappa shape index (κ2) is 17.0. The first-order valence-electron chi connectivity index (χ1n) is 11.0. The molecule has 0 saturated carbocycles. The molecular formula is C30H27ClN2O4. The number of Topliss-reactive ketones (excluding diaryl/α,β-unsaturated/α-hetero) is 2. The summed E-state index contributed by atoms with van der Waals surface area (Å²) in [5.41, 5.74) is 8.76. The second-order valence-electron chi connectivity index (χ2n) is 7.43. The molecule has 188 valence electrons. The number of rotatable bonds is 4. The third-order valence-electron chi connectivity index (χ3n) is 4.64. The molecule has 0 atom stereocenters. The van der Waals surface area contributed by atoms with Gasteiger partial charge in [-0.1, -0.05) is 60.1 Å². The molecule has 0 fully saturated rings. The van der Waals surface area contributed by atoms with Crippen LogP contribution in [0.25, 0.3) is 0 Å². The predicted molar refractivity (Wildman–Crippen MR) is 147 cm³/mol. The molecule has 0 aromatic heterocycles. The number of amides is 1. The third kappa shape index (κ3) is 12.2. The monoisotopic (exact) mass is 514 g/mol. The van der Waals surface area contributed by atoms with Crippen molar-refractivity contribution in [2.45, 2.75) is 13.8 Å². The molecule has 7 heteroatoms. The van der Waals surface area contributed by atoms with Crippen molar-refractivity contribution >= 4 is 40.4 Å². The first kappa shape index (κ1) is 30.6. The van der Waals surface area contributed by atoms with Crippen LogP contribution >= 0.6 is 11.6 Å². The van der Waals surface area contributed by atoms with E-state index >= 15 is 0 Å². The van der Waals surface area contributed by atoms with Crippen LogP contribution in [0.4, 0.5) is 11.4 Å². The van der Waals surface area contributed by atoms with Gasteiger partial charge in [-0.25, -0.2) is 0 Å². The average molecular weight is 515 g/mol. The van der Waals surface area contributed by atoms with Crippen LogP contribution in [0.15, 0.2) is 109 Å². The Balaban J connectivity index is 0.000000302. The SMILES string of the molecule is CC(=O)c1ccc(C(=O)Nc2ccccc2)cc1.CC(=O)c1ccc(Cl)cc1.Nc1ccccc1.[C-]#[O+]. The number of carbonyl (C=O) groups excluding carboxylic acids is 3. The summed E-state index contributed by atoms with van der Waals surface area (Å²) in [6.07, 6.45) is 0. The number of nitrogens with one attached hydrogen (secondary N) is 1. The summed E-state index contributed by atoms with van der Waals surface area (Å²) in [7, 11) is 0. The number of hydrogen-bond donors (Lipinski definition) is 2. The molecular weight excluding hydrogens is 488 g/mol. The van der Waals surface area contributed by atoms with Crippen LogP contribution in [-0.2, 0) is 4.65 Å². The summed E-state index contributed by atoms with van der Waals surface area (Å²) in [4.78, 5) is 33.7. The van der Waals surface area contributed by atoms with Gasteiger partial charge in [0.15, 0.2) is 11.6 Å². The second-order valence-corrected chi connectivity index (χ2v) is 7.86. The van der Waals surface area contributed by atoms with Gasteiger partial charge in [-0.05, 0) is 74.5 Å². The standard InChI is InChI=1S/C15H13NO2.C8H7ClO.C6H7N.CO/c1-11(17)12-7-9-13(10-8-12)15(18)16-14-5-3-2-4-6-14;1-6(10)7-2-4-8(9)5-3-7;7-6-4-2-1-3-5-6;1-2/h2-10H,1H3,(H,16,18);2-5H,1H3;1-5H,7H2;. The van der Waals surface area contributed by atoms with E-state index in [1.165, 1.54) is 13.8 Å². The molecule has 0 aliphatic carbocycles. The molecule has 37 heavy (non-hydrogen) atoms. The molecule has 0 saturated heterocycles. The summed E-state index contributed by atoms with van der Waals surface area (Å²) >= 11 is 5.61. The molecule has 1 amide bonds. The minimum absolute atomic E-state index is 0.00924. The number of anilines is 2. The number of para-hydroxylation sites is 2. The number of ketones is 2. The Bertz CT molecular complexity index is 1270. The number of nitrogens with two attached hydrogens (primary N) is 1. The number of nitrogen functional groups attached to an aromatic ring is 1. The molecule has 4 aromatic rings. The Morgan fingerprint density at radius 3 is 1.41 bits per heavy atom. The van der Waals surface area contributed by atoms with Crippen molar-refractivity contribution in [2.24, 2.45) is 0 Å². The van der Waals surface area contributed by atoms with E-state index in [1.807, 2.05) is 60.7 Å². The normalized spacial score (nSPS) is 9.00. The van der Waals surface area contributed by atoms with Crippen molar-refractivity contribution in [1.82, 2.24) is 0 Å². The van der Waals surface area contributed by atoms with Crippen molar-refractivity contribution < 1.29 is 19.0 Å². The van der Waals surface area contributed by atoms with E-state index in [2.05, 4.69) is 12.0 Å². The van der Waals surface area contributed by atoms with E-state index in [1.54, 1.807) is 48.5 Å². The zero-order valence-corrected chi connectivity index (χ0v) is 21.2. The van der Waals surface area contributed by atoms with Crippen molar-refractivity contribution in [1.29, 1.82) is 0 Å². The summed E-state index contributed by atoms with van der Waals surface area (Å²) in [5, 5.41) is 3.44. The number of benzene rings is 4. The van der Waals surface area contributed by atoms with Gasteiger partial charge in [-0.2, -0.15) is 0 Å². The van der Waals surface area contributed by atoms with Crippen molar-refractivity contribution in [3.05, 3.63) is 138 Å². The quantitative estimate of drug-likeness (QED) is 0.133. The van der Waals surface area contributed by atoms with Gasteiger partial charge >= 0.3 is 11.3 Å². The summed E-state index contributed by atoms with van der Waals surface area (Å²) in [6.45, 7) is 7.53. The van der Waals surface area contributed by atoms with Gasteiger partial charge in [0.25, 0.3) is 5.91 Å². The van der Waals surface area contributed by atoms with Gasteiger partial charge in [-0.3, -0.25) is 14.4 Å². The van der Waals surface area contributed by atoms with Crippen LogP contribution in [0.3, 0.4) is 0 Å². The fraction of sp³-hybridized carbons (Fsp3) is 0.0667. The topological polar surface area (TPSA) is 109 Å². The third-order valence-corrected chi connectivity index (χ3v) is 4.89. The fourth-order valence-electron chi connectivity index (χ4n) is 2.72. The van der Waals surface area contributed by atoms with Gasteiger partial charge in [-0.15, -0.1) is 0 Å². The van der Waals surface area contributed by atoms with Crippen LogP contribution in [0.2, 0.25) is 5.02 Å². The minimum atomic E-state index is -0.184. The Morgan fingerprint density at radius 1 is 0.649 bits per heavy atom. The van der Waals surface area contributed by atoms with Gasteiger partial charge in [0.2, 0.25) is 0 Å². The van der Waals surface area contributed by atoms with E-state index < -0.39 is 0 Å². The summed E-state index contributed by atoms with van der Waals surface area (Å²) < 4.78 is 7.50. The van der Waals surface area contributed by atoms with Crippen molar-refractivity contribution in [3.63, 3.8) is 0 Å². The zero-order valence-electron chi connectivity index (χ0n) is 20.5. The Morgan fingerprint density at radius 2 is 1.03 bits per heavy atom. The van der Waals surface area contributed by atoms with Gasteiger partial charge in [0.05, 0.1) is 0 Å². The molecule has 4 rings (SSSR count). The fourth-order valence-corrected chi connectivity index (χ4v) is 2.84. The van der Waals surface area contributed by atoms with E-state index in [0.29, 0.717) is 21.7 Å². The van der Waals surface area contributed by atoms with Crippen molar-refractivity contribution in [2.75, 3.05) is 11.1 Å². The molecule has 0 heterocycles. The van der Waals surface area contributed by atoms with Gasteiger partial charge in [0, 0.05) is 33.1 Å². The van der Waals surface area contributed by atoms with Crippen LogP contribution in [-0.4, -0.2) is 17.5 Å². The molecule has 0 aliphatic rings. The van der Waals surface area contributed by atoms with Crippen LogP contribution < -0.4 is 11.1 Å². The Kier molecular flexibility index (Phi) is 14.1. The maximum atomic E-state index is 11.9. The van der Waals surface area contributed by atoms with E-state index in [-0.39, 0.29) is 17.5 Å². The molecule has 0 spiro atoms. The van der Waals surface area contributed by atoms with E-state index in [9.17, 15) is 14.4 Å². The number of hydrogen-bond acceptors (Lipinski definition) is 4. The van der Waals surface area contributed by atoms with E-state index in [0.717, 1.165) is 11.4 Å². The number of halogens is 1. The van der Waals surface area contributed by atoms with Crippen LogP contribution in [0.1, 0.15) is 44.9 Å². The van der Waals surface area contributed by atoms with Crippen LogP contribution in [0, 0.1) is 6.65 Å². The predicted octanol–water partition coefficient (Wildman–Crippen LogP) is 6.92. The maximum absolute atomic E-state index is 11.9. The molecule has 6 nitrogen and oxygen atoms in total. The van der Waals surface area contributed by atoms with Crippen LogP contribution in [0.5, 0.6) is 0 Å². The first-order chi connectivity index (χ1) is 17.8. The summed E-state index contributed by atoms with van der Waals surface area (Å²) in [6, 6.07) is 32.2. The molecule has 0 unspecified atom stereocenters. The van der Waals surface area contributed by atoms with E-state index in [4.69, 9.17) is 22.0 Å². The Labute approximate surface area is 221 Å². The molecule has 0 bridgehead atoms. The molecule has 0 radical (unpaired) electrons. The van der Waals surface area contributed by atoms with Crippen molar-refractivity contribution in [3.8, 4) is 0 Å². The summed E-state index contributed by atoms with van der Waals surface area (Å²) in [5.74, 6) is -0.127. The average Bonchev–Trinajstić information content (AvgIpc) is 2.92. The van der Waals surface area contributed by atoms with Gasteiger partial charge in [0.1, 0.15) is 0 Å². The Hall–Kier alpha value is -4.48. The molecule has 0 aliphatic heterocycles. The zero-order chi connectivity index (χ0) is 27.6.